The van der Waals surface area contributed by atoms with Gasteiger partial charge in [0.25, 0.3) is 0 Å². The van der Waals surface area contributed by atoms with Gasteiger partial charge >= 0.3 is 6.18 Å². The molecule has 0 amide bonds. The minimum absolute atomic E-state index is 0.0879. The highest BCUT2D eigenvalue weighted by atomic mass is 19.4. The van der Waals surface area contributed by atoms with Crippen LogP contribution in [0.3, 0.4) is 0 Å². The van der Waals surface area contributed by atoms with E-state index in [4.69, 9.17) is 10.5 Å². The molecule has 0 unspecified atom stereocenters. The van der Waals surface area contributed by atoms with E-state index in [1.165, 1.54) is 0 Å². The number of alkyl halides is 3. The number of fused-ring (bicyclic) bond motifs is 1. The molecule has 4 rings (SSSR count). The molecule has 1 aromatic carbocycles. The van der Waals surface area contributed by atoms with E-state index >= 15 is 0 Å². The van der Waals surface area contributed by atoms with Gasteiger partial charge in [-0.2, -0.15) is 13.2 Å². The number of nitrogens with one attached hydrogen (secondary N) is 1. The topological polar surface area (TPSA) is 76.3 Å². The normalized spacial score (nSPS) is 20.8. The molecular weight excluding hydrogens is 407 g/mol. The van der Waals surface area contributed by atoms with E-state index in [0.717, 1.165) is 55.7 Å². The van der Waals surface area contributed by atoms with Crippen molar-refractivity contribution in [3.05, 3.63) is 46.4 Å². The first-order valence-electron chi connectivity index (χ1n) is 10.5. The molecule has 3 N–H and O–H groups in total. The Balaban J connectivity index is 1.57. The quantitative estimate of drug-likeness (QED) is 0.697. The minimum Gasteiger partial charge on any atom is -0.399 e. The number of nitrogens with zero attached hydrogens (tertiary/aromatic N) is 3. The number of halogens is 3. The van der Waals surface area contributed by atoms with Crippen molar-refractivity contribution in [1.82, 2.24) is 14.9 Å². The number of aryl methyl sites for hydroxylation is 2. The van der Waals surface area contributed by atoms with Crippen LogP contribution in [0.2, 0.25) is 0 Å². The van der Waals surface area contributed by atoms with Crippen molar-refractivity contribution in [2.24, 2.45) is 0 Å². The number of hydrogen-bond acceptors (Lipinski definition) is 6. The highest BCUT2D eigenvalue weighted by Gasteiger charge is 2.36. The maximum absolute atomic E-state index is 13.2. The van der Waals surface area contributed by atoms with Crippen molar-refractivity contribution in [1.29, 1.82) is 0 Å². The zero-order valence-electron chi connectivity index (χ0n) is 18.0. The molecule has 2 heterocycles. The maximum Gasteiger partial charge on any atom is 0.416 e. The molecule has 1 aliphatic carbocycles. The number of nitrogen functional groups attached to an aromatic ring is 1. The second-order valence-electron chi connectivity index (χ2n) is 8.51. The van der Waals surface area contributed by atoms with E-state index in [9.17, 15) is 13.2 Å². The van der Waals surface area contributed by atoms with Crippen LogP contribution in [0.4, 0.5) is 24.7 Å². The second-order valence-corrected chi connectivity index (χ2v) is 8.51. The standard InChI is InChI=1S/C22H28F3N5O/c1-12(14-6-15(22(23,24)25)8-16(26)7-14)27-21-19-9-17(30-10-18(11-30)31-3)4-5-20(19)28-13(2)29-21/h6-8,12,17-18H,4-5,9-11,26H2,1-3H3,(H,27,28,29)/t12-,17-/m1/s1. The summed E-state index contributed by atoms with van der Waals surface area (Å²) in [5.74, 6) is 1.35. The molecule has 1 fully saturated rings. The molecule has 2 aromatic rings. The summed E-state index contributed by atoms with van der Waals surface area (Å²) < 4.78 is 45.0. The monoisotopic (exact) mass is 435 g/mol. The Kier molecular flexibility index (Phi) is 5.83. The van der Waals surface area contributed by atoms with Gasteiger partial charge in [0, 0.05) is 43.2 Å². The number of likely N-dealkylation sites (tertiary alicyclic amines) is 1. The van der Waals surface area contributed by atoms with Crippen LogP contribution in [0, 0.1) is 6.92 Å². The van der Waals surface area contributed by atoms with Gasteiger partial charge in [0.1, 0.15) is 11.6 Å². The molecule has 168 valence electrons. The van der Waals surface area contributed by atoms with Gasteiger partial charge in [-0.1, -0.05) is 0 Å². The molecule has 9 heteroatoms. The SMILES string of the molecule is COC1CN([C@@H]2CCc3nc(C)nc(N[C@H](C)c4cc(N)cc(C(F)(F)F)c4)c3C2)C1. The summed E-state index contributed by atoms with van der Waals surface area (Å²) in [6.45, 7) is 5.50. The first kappa shape index (κ1) is 21.8. The van der Waals surface area contributed by atoms with Crippen LogP contribution in [-0.2, 0) is 23.8 Å². The lowest BCUT2D eigenvalue weighted by Crippen LogP contribution is -2.57. The van der Waals surface area contributed by atoms with Crippen LogP contribution in [0.15, 0.2) is 18.2 Å². The van der Waals surface area contributed by atoms with E-state index in [2.05, 4.69) is 20.2 Å². The van der Waals surface area contributed by atoms with Crippen LogP contribution >= 0.6 is 0 Å². The third-order valence-electron chi connectivity index (χ3n) is 6.24. The molecule has 6 nitrogen and oxygen atoms in total. The second kappa shape index (κ2) is 8.27. The molecule has 1 aromatic heterocycles. The van der Waals surface area contributed by atoms with Gasteiger partial charge in [-0.25, -0.2) is 9.97 Å². The fourth-order valence-electron chi connectivity index (χ4n) is 4.44. The number of anilines is 2. The van der Waals surface area contributed by atoms with Gasteiger partial charge in [0.15, 0.2) is 0 Å². The van der Waals surface area contributed by atoms with E-state index in [0.29, 0.717) is 29.4 Å². The summed E-state index contributed by atoms with van der Waals surface area (Å²) >= 11 is 0. The predicted octanol–water partition coefficient (Wildman–Crippen LogP) is 3.75. The van der Waals surface area contributed by atoms with Gasteiger partial charge in [0.05, 0.1) is 17.7 Å². The molecule has 0 radical (unpaired) electrons. The van der Waals surface area contributed by atoms with Gasteiger partial charge in [0.2, 0.25) is 0 Å². The van der Waals surface area contributed by atoms with Crippen molar-refractivity contribution < 1.29 is 17.9 Å². The molecule has 0 bridgehead atoms. The van der Waals surface area contributed by atoms with E-state index in [1.807, 2.05) is 13.8 Å². The third-order valence-corrected chi connectivity index (χ3v) is 6.24. The average Bonchev–Trinajstić information content (AvgIpc) is 2.66. The molecule has 0 saturated carbocycles. The van der Waals surface area contributed by atoms with Crippen molar-refractivity contribution in [2.75, 3.05) is 31.2 Å². The largest absolute Gasteiger partial charge is 0.416 e. The van der Waals surface area contributed by atoms with E-state index in [1.54, 1.807) is 13.2 Å². The van der Waals surface area contributed by atoms with Crippen molar-refractivity contribution in [3.63, 3.8) is 0 Å². The Morgan fingerprint density at radius 1 is 1.23 bits per heavy atom. The lowest BCUT2D eigenvalue weighted by molar-refractivity contribution is -0.137. The van der Waals surface area contributed by atoms with Crippen LogP contribution in [0.25, 0.3) is 0 Å². The average molecular weight is 435 g/mol. The summed E-state index contributed by atoms with van der Waals surface area (Å²) in [4.78, 5) is 11.6. The number of ether oxygens (including phenoxy) is 1. The lowest BCUT2D eigenvalue weighted by atomic mass is 9.88. The zero-order valence-corrected chi connectivity index (χ0v) is 18.0. The fourth-order valence-corrected chi connectivity index (χ4v) is 4.44. The number of rotatable bonds is 5. The Morgan fingerprint density at radius 2 is 1.97 bits per heavy atom. The van der Waals surface area contributed by atoms with E-state index in [-0.39, 0.29) is 5.69 Å². The first-order chi connectivity index (χ1) is 14.6. The number of benzene rings is 1. The molecule has 31 heavy (non-hydrogen) atoms. The highest BCUT2D eigenvalue weighted by Crippen LogP contribution is 2.35. The fraction of sp³-hybridized carbons (Fsp3) is 0.545. The lowest BCUT2D eigenvalue weighted by Gasteiger charge is -2.45. The summed E-state index contributed by atoms with van der Waals surface area (Å²) in [5.41, 5.74) is 7.63. The van der Waals surface area contributed by atoms with Crippen molar-refractivity contribution >= 4 is 11.5 Å². The van der Waals surface area contributed by atoms with Crippen molar-refractivity contribution in [3.8, 4) is 0 Å². The number of nitrogens with two attached hydrogens (primary N) is 1. The molecule has 2 aliphatic rings. The van der Waals surface area contributed by atoms with Crippen LogP contribution in [-0.4, -0.2) is 47.2 Å². The Hall–Kier alpha value is -2.39. The van der Waals surface area contributed by atoms with Gasteiger partial charge in [-0.3, -0.25) is 4.90 Å². The predicted molar refractivity (Wildman–Crippen MR) is 113 cm³/mol. The summed E-state index contributed by atoms with van der Waals surface area (Å²) in [5, 5.41) is 3.33. The minimum atomic E-state index is -4.45. The number of hydrogen-bond donors (Lipinski definition) is 2. The summed E-state index contributed by atoms with van der Waals surface area (Å²) in [6.07, 6.45) is -1.46. The van der Waals surface area contributed by atoms with Gasteiger partial charge < -0.3 is 15.8 Å². The number of aromatic nitrogens is 2. The molecule has 1 aliphatic heterocycles. The Bertz CT molecular complexity index is 959. The zero-order chi connectivity index (χ0) is 22.3. The van der Waals surface area contributed by atoms with Crippen LogP contribution in [0.1, 0.15) is 47.6 Å². The molecule has 2 atom stereocenters. The molecule has 1 saturated heterocycles. The summed E-state index contributed by atoms with van der Waals surface area (Å²) in [7, 11) is 1.73. The molecular formula is C22H28F3N5O. The maximum atomic E-state index is 13.2. The first-order valence-corrected chi connectivity index (χ1v) is 10.5. The number of methoxy groups -OCH3 is 1. The van der Waals surface area contributed by atoms with E-state index < -0.39 is 17.8 Å². The van der Waals surface area contributed by atoms with Gasteiger partial charge in [-0.15, -0.1) is 0 Å². The smallest absolute Gasteiger partial charge is 0.399 e. The van der Waals surface area contributed by atoms with Crippen LogP contribution < -0.4 is 11.1 Å². The third kappa shape index (κ3) is 4.62. The van der Waals surface area contributed by atoms with Crippen LogP contribution in [0.5, 0.6) is 0 Å². The summed E-state index contributed by atoms with van der Waals surface area (Å²) in [6, 6.07) is 3.66. The molecule has 0 spiro atoms. The Labute approximate surface area is 180 Å². The van der Waals surface area contributed by atoms with Gasteiger partial charge in [-0.05, 0) is 56.9 Å². The highest BCUT2D eigenvalue weighted by molar-refractivity contribution is 5.52. The Morgan fingerprint density at radius 3 is 2.65 bits per heavy atom. The van der Waals surface area contributed by atoms with Crippen molar-refractivity contribution in [2.45, 2.75) is 57.5 Å².